The Morgan fingerprint density at radius 2 is 1.81 bits per heavy atom. The predicted octanol–water partition coefficient (Wildman–Crippen LogP) is 2.06. The van der Waals surface area contributed by atoms with Crippen molar-refractivity contribution >= 4 is 22.5 Å². The smallest absolute Gasteiger partial charge is 0.261 e. The van der Waals surface area contributed by atoms with Gasteiger partial charge in [-0.3, -0.25) is 14.2 Å². The zero-order valence-electron chi connectivity index (χ0n) is 15.2. The van der Waals surface area contributed by atoms with Crippen molar-refractivity contribution in [2.24, 2.45) is 0 Å². The lowest BCUT2D eigenvalue weighted by molar-refractivity contribution is -0.116. The van der Waals surface area contributed by atoms with Crippen LogP contribution in [0.3, 0.4) is 0 Å². The molecule has 1 N–H and O–H groups in total. The molecule has 3 rings (SSSR count). The van der Waals surface area contributed by atoms with E-state index in [0.29, 0.717) is 33.8 Å². The molecule has 0 saturated carbocycles. The lowest BCUT2D eigenvalue weighted by Crippen LogP contribution is -2.28. The van der Waals surface area contributed by atoms with E-state index in [2.05, 4.69) is 10.3 Å². The van der Waals surface area contributed by atoms with Crippen LogP contribution in [0.25, 0.3) is 10.9 Å². The van der Waals surface area contributed by atoms with Gasteiger partial charge in [0.1, 0.15) is 12.3 Å². The molecular formula is C19H19N3O5. The molecule has 1 amide bonds. The van der Waals surface area contributed by atoms with E-state index in [1.807, 2.05) is 0 Å². The number of hydrogen-bond acceptors (Lipinski definition) is 6. The maximum atomic E-state index is 12.7. The van der Waals surface area contributed by atoms with Gasteiger partial charge >= 0.3 is 0 Å². The van der Waals surface area contributed by atoms with Crippen molar-refractivity contribution in [2.45, 2.75) is 6.54 Å². The summed E-state index contributed by atoms with van der Waals surface area (Å²) < 4.78 is 16.8. The maximum Gasteiger partial charge on any atom is 0.261 e. The van der Waals surface area contributed by atoms with Crippen LogP contribution in [0, 0.1) is 0 Å². The summed E-state index contributed by atoms with van der Waals surface area (Å²) in [6, 6.07) is 10.1. The van der Waals surface area contributed by atoms with Gasteiger partial charge in [-0.15, -0.1) is 0 Å². The summed E-state index contributed by atoms with van der Waals surface area (Å²) in [6.07, 6.45) is 1.34. The second-order valence-electron chi connectivity index (χ2n) is 5.68. The SMILES string of the molecule is COc1cccc(NC(=O)Cn2cnc3cc(OC)c(OC)cc3c2=O)c1. The number of aromatic nitrogens is 2. The van der Waals surface area contributed by atoms with Crippen molar-refractivity contribution in [2.75, 3.05) is 26.6 Å². The minimum absolute atomic E-state index is 0.173. The summed E-state index contributed by atoms with van der Waals surface area (Å²) in [5, 5.41) is 3.07. The summed E-state index contributed by atoms with van der Waals surface area (Å²) in [7, 11) is 4.54. The van der Waals surface area contributed by atoms with Gasteiger partial charge in [0.2, 0.25) is 5.91 Å². The monoisotopic (exact) mass is 369 g/mol. The fraction of sp³-hybridized carbons (Fsp3) is 0.211. The average molecular weight is 369 g/mol. The fourth-order valence-electron chi connectivity index (χ4n) is 2.65. The molecule has 3 aromatic rings. The average Bonchev–Trinajstić information content (AvgIpc) is 2.69. The molecule has 8 nitrogen and oxygen atoms in total. The molecule has 0 aliphatic rings. The number of nitrogens with zero attached hydrogens (tertiary/aromatic N) is 2. The highest BCUT2D eigenvalue weighted by atomic mass is 16.5. The number of nitrogens with one attached hydrogen (secondary N) is 1. The normalized spacial score (nSPS) is 10.5. The first-order valence-corrected chi connectivity index (χ1v) is 8.10. The summed E-state index contributed by atoms with van der Waals surface area (Å²) in [4.78, 5) is 29.3. The summed E-state index contributed by atoms with van der Waals surface area (Å²) in [5.41, 5.74) is 0.691. The number of fused-ring (bicyclic) bond motifs is 1. The molecule has 0 fully saturated rings. The number of methoxy groups -OCH3 is 3. The predicted molar refractivity (Wildman–Crippen MR) is 101 cm³/mol. The van der Waals surface area contributed by atoms with Crippen LogP contribution in [0.4, 0.5) is 5.69 Å². The summed E-state index contributed by atoms with van der Waals surface area (Å²) in [5.74, 6) is 1.17. The maximum absolute atomic E-state index is 12.7. The van der Waals surface area contributed by atoms with E-state index in [0.717, 1.165) is 0 Å². The molecule has 27 heavy (non-hydrogen) atoms. The van der Waals surface area contributed by atoms with Gasteiger partial charge in [0.15, 0.2) is 11.5 Å². The highest BCUT2D eigenvalue weighted by molar-refractivity contribution is 5.91. The van der Waals surface area contributed by atoms with E-state index < -0.39 is 0 Å². The van der Waals surface area contributed by atoms with Crippen molar-refractivity contribution in [3.8, 4) is 17.2 Å². The zero-order chi connectivity index (χ0) is 19.4. The Hall–Kier alpha value is -3.55. The van der Waals surface area contributed by atoms with E-state index >= 15 is 0 Å². The molecule has 0 atom stereocenters. The second-order valence-corrected chi connectivity index (χ2v) is 5.68. The minimum Gasteiger partial charge on any atom is -0.497 e. The molecule has 0 unspecified atom stereocenters. The lowest BCUT2D eigenvalue weighted by atomic mass is 10.2. The van der Waals surface area contributed by atoms with Gasteiger partial charge in [0.25, 0.3) is 5.56 Å². The Morgan fingerprint density at radius 3 is 2.52 bits per heavy atom. The molecule has 0 radical (unpaired) electrons. The second kappa shape index (κ2) is 7.77. The van der Waals surface area contributed by atoms with Gasteiger partial charge < -0.3 is 19.5 Å². The number of hydrogen-bond donors (Lipinski definition) is 1. The first-order valence-electron chi connectivity index (χ1n) is 8.10. The molecule has 2 aromatic carbocycles. The van der Waals surface area contributed by atoms with E-state index in [9.17, 15) is 9.59 Å². The van der Waals surface area contributed by atoms with Crippen LogP contribution in [-0.4, -0.2) is 36.8 Å². The third kappa shape index (κ3) is 3.84. The standard InChI is InChI=1S/C19H19N3O5/c1-25-13-6-4-5-12(7-13)21-18(23)10-22-11-20-15-9-17(27-3)16(26-2)8-14(15)19(22)24/h4-9,11H,10H2,1-3H3,(H,21,23). The summed E-state index contributed by atoms with van der Waals surface area (Å²) >= 11 is 0. The van der Waals surface area contributed by atoms with Crippen LogP contribution in [-0.2, 0) is 11.3 Å². The highest BCUT2D eigenvalue weighted by Gasteiger charge is 2.13. The molecular weight excluding hydrogens is 350 g/mol. The number of anilines is 1. The first-order chi connectivity index (χ1) is 13.0. The molecule has 0 aliphatic carbocycles. The number of carbonyl (C=O) groups is 1. The van der Waals surface area contributed by atoms with Crippen LogP contribution in [0.15, 0.2) is 47.5 Å². The molecule has 1 aromatic heterocycles. The van der Waals surface area contributed by atoms with E-state index in [1.165, 1.54) is 25.1 Å². The van der Waals surface area contributed by atoms with Gasteiger partial charge in [-0.25, -0.2) is 4.98 Å². The molecule has 0 bridgehead atoms. The van der Waals surface area contributed by atoms with Crippen molar-refractivity contribution in [1.29, 1.82) is 0 Å². The molecule has 8 heteroatoms. The van der Waals surface area contributed by atoms with Gasteiger partial charge in [-0.05, 0) is 18.2 Å². The van der Waals surface area contributed by atoms with E-state index in [4.69, 9.17) is 14.2 Å². The topological polar surface area (TPSA) is 91.7 Å². The van der Waals surface area contributed by atoms with Gasteiger partial charge in [-0.2, -0.15) is 0 Å². The number of rotatable bonds is 6. The van der Waals surface area contributed by atoms with E-state index in [-0.39, 0.29) is 18.0 Å². The van der Waals surface area contributed by atoms with Gasteiger partial charge in [0.05, 0.1) is 38.6 Å². The Bertz CT molecular complexity index is 1050. The Balaban J connectivity index is 1.87. The summed E-state index contributed by atoms with van der Waals surface area (Å²) in [6.45, 7) is -0.173. The molecule has 0 aliphatic heterocycles. The van der Waals surface area contributed by atoms with Crippen LogP contribution in [0.5, 0.6) is 17.2 Å². The van der Waals surface area contributed by atoms with Crippen LogP contribution >= 0.6 is 0 Å². The highest BCUT2D eigenvalue weighted by Crippen LogP contribution is 2.29. The Morgan fingerprint density at radius 1 is 1.07 bits per heavy atom. The number of amides is 1. The van der Waals surface area contributed by atoms with Crippen molar-refractivity contribution in [1.82, 2.24) is 9.55 Å². The lowest BCUT2D eigenvalue weighted by Gasteiger charge is -2.11. The molecule has 140 valence electrons. The van der Waals surface area contributed by atoms with Gasteiger partial charge in [0, 0.05) is 17.8 Å². The fourth-order valence-corrected chi connectivity index (χ4v) is 2.65. The minimum atomic E-state index is -0.355. The van der Waals surface area contributed by atoms with Crippen molar-refractivity contribution in [3.05, 3.63) is 53.1 Å². The van der Waals surface area contributed by atoms with Gasteiger partial charge in [-0.1, -0.05) is 6.07 Å². The third-order valence-electron chi connectivity index (χ3n) is 4.00. The number of carbonyl (C=O) groups excluding carboxylic acids is 1. The molecule has 1 heterocycles. The van der Waals surface area contributed by atoms with Crippen LogP contribution in [0.1, 0.15) is 0 Å². The number of ether oxygens (including phenoxy) is 3. The zero-order valence-corrected chi connectivity index (χ0v) is 15.2. The third-order valence-corrected chi connectivity index (χ3v) is 4.00. The van der Waals surface area contributed by atoms with Crippen LogP contribution < -0.4 is 25.1 Å². The van der Waals surface area contributed by atoms with Crippen molar-refractivity contribution < 1.29 is 19.0 Å². The quantitative estimate of drug-likeness (QED) is 0.715. The van der Waals surface area contributed by atoms with E-state index in [1.54, 1.807) is 43.5 Å². The number of benzene rings is 2. The Kier molecular flexibility index (Phi) is 5.25. The molecule has 0 spiro atoms. The Labute approximate surface area is 155 Å². The first kappa shape index (κ1) is 18.2. The van der Waals surface area contributed by atoms with Crippen LogP contribution in [0.2, 0.25) is 0 Å². The molecule has 0 saturated heterocycles. The largest absolute Gasteiger partial charge is 0.497 e. The van der Waals surface area contributed by atoms with Crippen molar-refractivity contribution in [3.63, 3.8) is 0 Å².